The van der Waals surface area contributed by atoms with Gasteiger partial charge in [-0.05, 0) is 54.8 Å². The summed E-state index contributed by atoms with van der Waals surface area (Å²) >= 11 is 0. The van der Waals surface area contributed by atoms with E-state index >= 15 is 0 Å². The maximum Gasteiger partial charge on any atom is 0.0573 e. The molecule has 2 nitrogen and oxygen atoms in total. The Morgan fingerprint density at radius 3 is 1.67 bits per heavy atom. The van der Waals surface area contributed by atoms with Crippen LogP contribution in [0.3, 0.4) is 0 Å². The van der Waals surface area contributed by atoms with E-state index in [1.807, 2.05) is 6.92 Å². The molecule has 166 valence electrons. The van der Waals surface area contributed by atoms with Crippen LogP contribution in [0.25, 0.3) is 0 Å². The average molecular weight is 387 g/mol. The summed E-state index contributed by atoms with van der Waals surface area (Å²) in [6.45, 7) is 20.3. The molecule has 0 amide bonds. The third-order valence-corrected chi connectivity index (χ3v) is 5.52. The largest absolute Gasteiger partial charge is 0.396 e. The summed E-state index contributed by atoms with van der Waals surface area (Å²) < 4.78 is 0. The van der Waals surface area contributed by atoms with Gasteiger partial charge >= 0.3 is 0 Å². The van der Waals surface area contributed by atoms with E-state index in [9.17, 15) is 5.11 Å². The molecule has 0 saturated heterocycles. The number of aliphatic hydroxyl groups is 2. The van der Waals surface area contributed by atoms with Gasteiger partial charge in [-0.2, -0.15) is 0 Å². The van der Waals surface area contributed by atoms with Crippen LogP contribution in [0.5, 0.6) is 0 Å². The molecular weight excluding hydrogens is 332 g/mol. The highest BCUT2D eigenvalue weighted by Crippen LogP contribution is 2.38. The standard InChI is InChI=1S/C10H20O.C9H18.C3H8O.C3H8/c1-10(2,3)8-6-4-5-7-9(8)11;1-8-5-4-6-9(2,3)7-8;1-2-3-4;1-3-2/h8-9,11H,4-7H2,1-3H3;8H,4-7H2,1-3H3;4H,2-3H2,1H3;3H2,1-2H3. The smallest absolute Gasteiger partial charge is 0.0573 e. The molecule has 2 fully saturated rings. The molecule has 27 heavy (non-hydrogen) atoms. The van der Waals surface area contributed by atoms with Gasteiger partial charge in [-0.3, -0.25) is 0 Å². The molecule has 2 aliphatic rings. The third-order valence-electron chi connectivity index (χ3n) is 5.52. The maximum absolute atomic E-state index is 9.70. The van der Waals surface area contributed by atoms with Crippen molar-refractivity contribution < 1.29 is 10.2 Å². The minimum atomic E-state index is -0.0382. The molecule has 2 saturated carbocycles. The first kappa shape index (κ1) is 29.1. The van der Waals surface area contributed by atoms with Crippen molar-refractivity contribution in [3.63, 3.8) is 0 Å². The van der Waals surface area contributed by atoms with Crippen molar-refractivity contribution in [2.24, 2.45) is 22.7 Å². The molecule has 2 heteroatoms. The molecule has 0 aromatic heterocycles. The van der Waals surface area contributed by atoms with Gasteiger partial charge in [-0.25, -0.2) is 0 Å². The van der Waals surface area contributed by atoms with Crippen LogP contribution in [0.1, 0.15) is 127 Å². The summed E-state index contributed by atoms with van der Waals surface area (Å²) in [6.07, 6.45) is 12.6. The molecule has 0 radical (unpaired) electrons. The molecule has 0 aromatic carbocycles. The minimum absolute atomic E-state index is 0.0382. The second kappa shape index (κ2) is 15.8. The normalized spacial score (nSPS) is 27.0. The van der Waals surface area contributed by atoms with Crippen molar-refractivity contribution in [1.82, 2.24) is 0 Å². The van der Waals surface area contributed by atoms with E-state index < -0.39 is 0 Å². The van der Waals surface area contributed by atoms with Gasteiger partial charge < -0.3 is 10.2 Å². The Morgan fingerprint density at radius 2 is 1.41 bits per heavy atom. The maximum atomic E-state index is 9.70. The van der Waals surface area contributed by atoms with Crippen molar-refractivity contribution in [1.29, 1.82) is 0 Å². The van der Waals surface area contributed by atoms with Crippen molar-refractivity contribution in [3.05, 3.63) is 0 Å². The molecule has 0 bridgehead atoms. The highest BCUT2D eigenvalue weighted by atomic mass is 16.3. The Kier molecular flexibility index (Phi) is 17.0. The van der Waals surface area contributed by atoms with Gasteiger partial charge in [0.2, 0.25) is 0 Å². The van der Waals surface area contributed by atoms with Crippen LogP contribution in [0.4, 0.5) is 0 Å². The second-order valence-electron chi connectivity index (χ2n) is 10.6. The van der Waals surface area contributed by atoms with E-state index in [1.165, 1.54) is 51.4 Å². The Hall–Kier alpha value is -0.0800. The average Bonchev–Trinajstić information content (AvgIpc) is 2.54. The lowest BCUT2D eigenvalue weighted by atomic mass is 9.71. The number of aliphatic hydroxyl groups excluding tert-OH is 2. The zero-order chi connectivity index (χ0) is 21.5. The van der Waals surface area contributed by atoms with E-state index in [-0.39, 0.29) is 6.10 Å². The molecule has 2 N–H and O–H groups in total. The van der Waals surface area contributed by atoms with Crippen LogP contribution in [-0.2, 0) is 0 Å². The van der Waals surface area contributed by atoms with Crippen LogP contribution in [0.2, 0.25) is 0 Å². The summed E-state index contributed by atoms with van der Waals surface area (Å²) in [5.41, 5.74) is 0.942. The number of hydrogen-bond donors (Lipinski definition) is 2. The van der Waals surface area contributed by atoms with Gasteiger partial charge in [0.15, 0.2) is 0 Å². The van der Waals surface area contributed by atoms with Crippen molar-refractivity contribution in [2.45, 2.75) is 133 Å². The van der Waals surface area contributed by atoms with E-state index in [0.717, 1.165) is 18.8 Å². The zero-order valence-corrected chi connectivity index (χ0v) is 20.4. The van der Waals surface area contributed by atoms with Crippen molar-refractivity contribution >= 4 is 0 Å². The Labute approximate surface area is 172 Å². The van der Waals surface area contributed by atoms with Gasteiger partial charge in [-0.15, -0.1) is 0 Å². The summed E-state index contributed by atoms with van der Waals surface area (Å²) in [6, 6.07) is 0. The van der Waals surface area contributed by atoms with Gasteiger partial charge in [0.25, 0.3) is 0 Å². The first-order valence-corrected chi connectivity index (χ1v) is 11.7. The quantitative estimate of drug-likeness (QED) is 0.486. The third kappa shape index (κ3) is 16.6. The van der Waals surface area contributed by atoms with Crippen LogP contribution >= 0.6 is 0 Å². The van der Waals surface area contributed by atoms with E-state index in [0.29, 0.717) is 23.4 Å². The molecule has 0 aliphatic heterocycles. The molecular formula is C25H54O2. The topological polar surface area (TPSA) is 40.5 Å². The molecule has 3 unspecified atom stereocenters. The molecule has 0 spiro atoms. The van der Waals surface area contributed by atoms with Gasteiger partial charge in [-0.1, -0.05) is 94.4 Å². The van der Waals surface area contributed by atoms with E-state index in [4.69, 9.17) is 5.11 Å². The number of hydrogen-bond acceptors (Lipinski definition) is 2. The lowest BCUT2D eigenvalue weighted by Crippen LogP contribution is -2.34. The minimum Gasteiger partial charge on any atom is -0.396 e. The second-order valence-corrected chi connectivity index (χ2v) is 10.6. The molecule has 0 heterocycles. The summed E-state index contributed by atoms with van der Waals surface area (Å²) in [5.74, 6) is 1.50. The molecule has 0 aromatic rings. The first-order chi connectivity index (χ1) is 12.4. The summed E-state index contributed by atoms with van der Waals surface area (Å²) in [4.78, 5) is 0. The van der Waals surface area contributed by atoms with Crippen molar-refractivity contribution in [2.75, 3.05) is 6.61 Å². The SMILES string of the molecule is CC(C)(C)C1CCCCC1O.CC1CCCC(C)(C)C1.CCC.CCCO. The highest BCUT2D eigenvalue weighted by molar-refractivity contribution is 4.83. The predicted molar refractivity (Wildman–Crippen MR) is 122 cm³/mol. The van der Waals surface area contributed by atoms with E-state index in [2.05, 4.69) is 55.4 Å². The molecule has 3 atom stereocenters. The Morgan fingerprint density at radius 1 is 0.926 bits per heavy atom. The lowest BCUT2D eigenvalue weighted by molar-refractivity contribution is 0.0105. The van der Waals surface area contributed by atoms with Crippen LogP contribution in [-0.4, -0.2) is 22.9 Å². The first-order valence-electron chi connectivity index (χ1n) is 11.7. The Bertz CT molecular complexity index is 315. The molecule has 2 aliphatic carbocycles. The zero-order valence-electron chi connectivity index (χ0n) is 20.4. The highest BCUT2D eigenvalue weighted by Gasteiger charge is 2.32. The van der Waals surface area contributed by atoms with Gasteiger partial charge in [0.05, 0.1) is 6.10 Å². The Balaban J connectivity index is 0. The van der Waals surface area contributed by atoms with Gasteiger partial charge in [0, 0.05) is 6.61 Å². The summed E-state index contributed by atoms with van der Waals surface area (Å²) in [5, 5.41) is 17.6. The number of rotatable bonds is 1. The van der Waals surface area contributed by atoms with Crippen LogP contribution in [0.15, 0.2) is 0 Å². The predicted octanol–water partition coefficient (Wildman–Crippen LogP) is 7.61. The lowest BCUT2D eigenvalue weighted by Gasteiger charge is -2.37. The fourth-order valence-electron chi connectivity index (χ4n) is 4.20. The monoisotopic (exact) mass is 386 g/mol. The van der Waals surface area contributed by atoms with Crippen LogP contribution < -0.4 is 0 Å². The fraction of sp³-hybridized carbons (Fsp3) is 1.00. The van der Waals surface area contributed by atoms with E-state index in [1.54, 1.807) is 0 Å². The van der Waals surface area contributed by atoms with Gasteiger partial charge in [0.1, 0.15) is 0 Å². The van der Waals surface area contributed by atoms with Crippen molar-refractivity contribution in [3.8, 4) is 0 Å². The van der Waals surface area contributed by atoms with Crippen LogP contribution in [0, 0.1) is 22.7 Å². The summed E-state index contributed by atoms with van der Waals surface area (Å²) in [7, 11) is 0. The molecule has 2 rings (SSSR count). The fourth-order valence-corrected chi connectivity index (χ4v) is 4.20.